The summed E-state index contributed by atoms with van der Waals surface area (Å²) in [5.74, 6) is 0.0811. The molecule has 0 spiro atoms. The van der Waals surface area contributed by atoms with Crippen LogP contribution in [-0.4, -0.2) is 11.7 Å². The third-order valence-corrected chi connectivity index (χ3v) is 3.07. The minimum absolute atomic E-state index is 0.0579. The number of benzene rings is 2. The number of aromatic hydroxyl groups is 1. The van der Waals surface area contributed by atoms with Gasteiger partial charge >= 0.3 is 0 Å². The lowest BCUT2D eigenvalue weighted by Gasteiger charge is -2.15. The van der Waals surface area contributed by atoms with Crippen LogP contribution in [0.25, 0.3) is 0 Å². The van der Waals surface area contributed by atoms with E-state index in [4.69, 9.17) is 5.73 Å². The Kier molecular flexibility index (Phi) is 3.95. The fourth-order valence-corrected chi connectivity index (χ4v) is 2.01. The summed E-state index contributed by atoms with van der Waals surface area (Å²) in [7, 11) is 0. The highest BCUT2D eigenvalue weighted by molar-refractivity contribution is 5.30. The van der Waals surface area contributed by atoms with E-state index < -0.39 is 0 Å². The number of rotatable bonds is 4. The van der Waals surface area contributed by atoms with Crippen LogP contribution >= 0.6 is 0 Å². The third-order valence-electron chi connectivity index (χ3n) is 3.07. The Bertz CT molecular complexity index is 510. The van der Waals surface area contributed by atoms with Gasteiger partial charge in [-0.25, -0.2) is 4.39 Å². The van der Waals surface area contributed by atoms with Crippen LogP contribution in [0.5, 0.6) is 5.75 Å². The third kappa shape index (κ3) is 2.87. The molecule has 2 rings (SSSR count). The molecule has 3 N–H and O–H groups in total. The molecule has 0 fully saturated rings. The Hall–Kier alpha value is -1.87. The first-order chi connectivity index (χ1) is 8.70. The fraction of sp³-hybridized carbons (Fsp3) is 0.200. The molecule has 0 saturated carbocycles. The van der Waals surface area contributed by atoms with Crippen LogP contribution in [-0.2, 0) is 6.42 Å². The van der Waals surface area contributed by atoms with E-state index in [9.17, 15) is 9.50 Å². The number of halogens is 1. The molecular weight excluding hydrogens is 229 g/mol. The maximum Gasteiger partial charge on any atom is 0.126 e. The van der Waals surface area contributed by atoms with Gasteiger partial charge in [-0.05, 0) is 42.3 Å². The molecule has 0 aliphatic heterocycles. The van der Waals surface area contributed by atoms with Crippen LogP contribution in [0, 0.1) is 5.82 Å². The number of nitrogens with two attached hydrogens (primary N) is 1. The topological polar surface area (TPSA) is 46.2 Å². The summed E-state index contributed by atoms with van der Waals surface area (Å²) in [4.78, 5) is 0. The van der Waals surface area contributed by atoms with E-state index in [1.54, 1.807) is 24.3 Å². The van der Waals surface area contributed by atoms with Crippen molar-refractivity contribution >= 4 is 0 Å². The van der Waals surface area contributed by atoms with Gasteiger partial charge in [-0.15, -0.1) is 0 Å². The Morgan fingerprint density at radius 3 is 2.33 bits per heavy atom. The molecule has 0 radical (unpaired) electrons. The predicted molar refractivity (Wildman–Crippen MR) is 70.0 cm³/mol. The van der Waals surface area contributed by atoms with Crippen LogP contribution in [0.3, 0.4) is 0 Å². The number of phenols is 1. The highest BCUT2D eigenvalue weighted by atomic mass is 19.1. The van der Waals surface area contributed by atoms with Crippen molar-refractivity contribution in [2.45, 2.75) is 12.3 Å². The molecule has 0 heterocycles. The molecule has 94 valence electrons. The van der Waals surface area contributed by atoms with Crippen LogP contribution in [0.15, 0.2) is 48.5 Å². The van der Waals surface area contributed by atoms with E-state index in [0.29, 0.717) is 18.5 Å². The van der Waals surface area contributed by atoms with Gasteiger partial charge in [0.1, 0.15) is 11.6 Å². The van der Waals surface area contributed by atoms with E-state index in [1.165, 1.54) is 6.07 Å². The molecule has 0 amide bonds. The van der Waals surface area contributed by atoms with E-state index in [2.05, 4.69) is 0 Å². The first kappa shape index (κ1) is 12.6. The largest absolute Gasteiger partial charge is 0.508 e. The second-order valence-corrected chi connectivity index (χ2v) is 4.32. The maximum absolute atomic E-state index is 13.6. The van der Waals surface area contributed by atoms with Crippen molar-refractivity contribution in [2.75, 3.05) is 6.54 Å². The summed E-state index contributed by atoms with van der Waals surface area (Å²) < 4.78 is 13.6. The molecule has 0 bridgehead atoms. The van der Waals surface area contributed by atoms with Crippen molar-refractivity contribution in [3.8, 4) is 5.75 Å². The maximum atomic E-state index is 13.6. The molecule has 1 atom stereocenters. The first-order valence-corrected chi connectivity index (χ1v) is 5.93. The molecule has 2 nitrogen and oxygen atoms in total. The van der Waals surface area contributed by atoms with Gasteiger partial charge in [0.05, 0.1) is 0 Å². The zero-order chi connectivity index (χ0) is 13.0. The lowest BCUT2D eigenvalue weighted by molar-refractivity contribution is 0.474. The average molecular weight is 245 g/mol. The quantitative estimate of drug-likeness (QED) is 0.870. The van der Waals surface area contributed by atoms with Gasteiger partial charge in [0.25, 0.3) is 0 Å². The fourth-order valence-electron chi connectivity index (χ4n) is 2.01. The summed E-state index contributed by atoms with van der Waals surface area (Å²) in [5, 5.41) is 9.25. The Morgan fingerprint density at radius 2 is 1.72 bits per heavy atom. The van der Waals surface area contributed by atoms with Crippen LogP contribution in [0.2, 0.25) is 0 Å². The SMILES string of the molecule is NCC(Cc1ccccc1F)c1ccc(O)cc1. The van der Waals surface area contributed by atoms with E-state index in [0.717, 1.165) is 5.56 Å². The summed E-state index contributed by atoms with van der Waals surface area (Å²) in [6.45, 7) is 0.444. The summed E-state index contributed by atoms with van der Waals surface area (Å²) >= 11 is 0. The molecule has 0 aliphatic carbocycles. The number of hydrogen-bond donors (Lipinski definition) is 2. The lowest BCUT2D eigenvalue weighted by atomic mass is 9.92. The standard InChI is InChI=1S/C15H16FNO/c16-15-4-2-1-3-12(15)9-13(10-17)11-5-7-14(18)8-6-11/h1-8,13,18H,9-10,17H2. The Morgan fingerprint density at radius 1 is 1.06 bits per heavy atom. The molecule has 2 aromatic carbocycles. The van der Waals surface area contributed by atoms with Gasteiger partial charge in [-0.2, -0.15) is 0 Å². The summed E-state index contributed by atoms with van der Waals surface area (Å²) in [6, 6.07) is 13.6. The smallest absolute Gasteiger partial charge is 0.126 e. The van der Waals surface area contributed by atoms with Crippen LogP contribution in [0.1, 0.15) is 17.0 Å². The molecular formula is C15H16FNO. The molecule has 3 heteroatoms. The van der Waals surface area contributed by atoms with Crippen LogP contribution in [0.4, 0.5) is 4.39 Å². The second-order valence-electron chi connectivity index (χ2n) is 4.32. The molecule has 0 aromatic heterocycles. The lowest BCUT2D eigenvalue weighted by Crippen LogP contribution is -2.15. The molecule has 2 aromatic rings. The van der Waals surface area contributed by atoms with Gasteiger partial charge in [0.15, 0.2) is 0 Å². The monoisotopic (exact) mass is 245 g/mol. The van der Waals surface area contributed by atoms with Crippen molar-refractivity contribution in [1.82, 2.24) is 0 Å². The van der Waals surface area contributed by atoms with Crippen molar-refractivity contribution in [1.29, 1.82) is 0 Å². The normalized spacial score (nSPS) is 12.3. The van der Waals surface area contributed by atoms with Gasteiger partial charge in [0.2, 0.25) is 0 Å². The van der Waals surface area contributed by atoms with E-state index >= 15 is 0 Å². The van der Waals surface area contributed by atoms with Crippen molar-refractivity contribution in [3.63, 3.8) is 0 Å². The van der Waals surface area contributed by atoms with Gasteiger partial charge < -0.3 is 10.8 Å². The van der Waals surface area contributed by atoms with Gasteiger partial charge in [-0.1, -0.05) is 30.3 Å². The number of hydrogen-bond acceptors (Lipinski definition) is 2. The summed E-state index contributed by atoms with van der Waals surface area (Å²) in [5.41, 5.74) is 7.44. The van der Waals surface area contributed by atoms with Gasteiger partial charge in [0, 0.05) is 5.92 Å². The predicted octanol–water partition coefficient (Wildman–Crippen LogP) is 2.82. The van der Waals surface area contributed by atoms with Crippen molar-refractivity contribution in [2.24, 2.45) is 5.73 Å². The summed E-state index contributed by atoms with van der Waals surface area (Å²) in [6.07, 6.45) is 0.563. The van der Waals surface area contributed by atoms with Crippen molar-refractivity contribution < 1.29 is 9.50 Å². The minimum Gasteiger partial charge on any atom is -0.508 e. The van der Waals surface area contributed by atoms with E-state index in [1.807, 2.05) is 18.2 Å². The average Bonchev–Trinajstić information content (AvgIpc) is 2.39. The van der Waals surface area contributed by atoms with Crippen molar-refractivity contribution in [3.05, 3.63) is 65.5 Å². The van der Waals surface area contributed by atoms with E-state index in [-0.39, 0.29) is 17.5 Å². The Labute approximate surface area is 106 Å². The Balaban J connectivity index is 2.20. The minimum atomic E-state index is -0.199. The van der Waals surface area contributed by atoms with Crippen LogP contribution < -0.4 is 5.73 Å². The highest BCUT2D eigenvalue weighted by Gasteiger charge is 2.12. The molecule has 1 unspecified atom stereocenters. The van der Waals surface area contributed by atoms with Gasteiger partial charge in [-0.3, -0.25) is 0 Å². The highest BCUT2D eigenvalue weighted by Crippen LogP contribution is 2.23. The molecule has 0 aliphatic rings. The molecule has 18 heavy (non-hydrogen) atoms. The molecule has 0 saturated heterocycles. The zero-order valence-corrected chi connectivity index (χ0v) is 10.0. The second kappa shape index (κ2) is 5.65. The zero-order valence-electron chi connectivity index (χ0n) is 10.0. The number of phenolic OH excluding ortho intramolecular Hbond substituents is 1. The first-order valence-electron chi connectivity index (χ1n) is 5.93.